The third-order valence-electron chi connectivity index (χ3n) is 4.91. The minimum Gasteiger partial charge on any atom is -0.496 e. The summed E-state index contributed by atoms with van der Waals surface area (Å²) in [5, 5.41) is 17.3. The van der Waals surface area contributed by atoms with E-state index in [-0.39, 0.29) is 0 Å². The molecule has 0 amide bonds. The number of nitrogens with zero attached hydrogens (tertiary/aromatic N) is 7. The van der Waals surface area contributed by atoms with Crippen molar-refractivity contribution in [3.63, 3.8) is 0 Å². The second kappa shape index (κ2) is 6.15. The number of ether oxygens (including phenoxy) is 1. The summed E-state index contributed by atoms with van der Waals surface area (Å²) < 4.78 is 9.20. The molecule has 27 heavy (non-hydrogen) atoms. The summed E-state index contributed by atoms with van der Waals surface area (Å²) in [6.45, 7) is 7.98. The van der Waals surface area contributed by atoms with Crippen molar-refractivity contribution in [3.05, 3.63) is 41.0 Å². The molecule has 8 nitrogen and oxygen atoms in total. The largest absolute Gasteiger partial charge is 0.496 e. The molecule has 3 aromatic heterocycles. The van der Waals surface area contributed by atoms with Crippen LogP contribution in [0.2, 0.25) is 0 Å². The highest BCUT2D eigenvalue weighted by Gasteiger charge is 2.17. The van der Waals surface area contributed by atoms with E-state index < -0.39 is 0 Å². The first-order chi connectivity index (χ1) is 12.9. The van der Waals surface area contributed by atoms with E-state index in [1.807, 2.05) is 37.7 Å². The average molecular weight is 363 g/mol. The van der Waals surface area contributed by atoms with Crippen molar-refractivity contribution in [1.29, 1.82) is 0 Å². The summed E-state index contributed by atoms with van der Waals surface area (Å²) in [5.41, 5.74) is 6.73. The Morgan fingerprint density at radius 1 is 1.04 bits per heavy atom. The topological polar surface area (TPSA) is 83.5 Å². The Balaban J connectivity index is 2.02. The van der Waals surface area contributed by atoms with Crippen LogP contribution in [0, 0.1) is 27.7 Å². The molecule has 138 valence electrons. The second-order valence-electron chi connectivity index (χ2n) is 6.67. The number of hydrogen-bond donors (Lipinski definition) is 0. The lowest BCUT2D eigenvalue weighted by Crippen LogP contribution is -2.02. The average Bonchev–Trinajstić information content (AvgIpc) is 3.16. The highest BCUT2D eigenvalue weighted by atomic mass is 16.5. The molecule has 0 aliphatic rings. The Bertz CT molecular complexity index is 1170. The monoisotopic (exact) mass is 363 g/mol. The SMILES string of the molecule is COc1cc(-n2nnnc2C)cc2nc(-c3c(C)nn(C)c3C)cc(C)c12. The molecule has 0 N–H and O–H groups in total. The number of pyridine rings is 1. The zero-order valence-corrected chi connectivity index (χ0v) is 16.3. The van der Waals surface area contributed by atoms with Gasteiger partial charge in [-0.2, -0.15) is 9.78 Å². The molecule has 1 aromatic carbocycles. The lowest BCUT2D eigenvalue weighted by Gasteiger charge is -2.13. The maximum Gasteiger partial charge on any atom is 0.153 e. The van der Waals surface area contributed by atoms with Crippen LogP contribution < -0.4 is 4.74 Å². The molecule has 0 fully saturated rings. The Hall–Kier alpha value is -3.29. The summed E-state index contributed by atoms with van der Waals surface area (Å²) in [5.74, 6) is 1.44. The summed E-state index contributed by atoms with van der Waals surface area (Å²) in [6.07, 6.45) is 0. The fourth-order valence-corrected chi connectivity index (χ4v) is 3.54. The van der Waals surface area contributed by atoms with Crippen molar-refractivity contribution in [1.82, 2.24) is 35.0 Å². The molecule has 4 rings (SSSR count). The Morgan fingerprint density at radius 3 is 2.41 bits per heavy atom. The first-order valence-corrected chi connectivity index (χ1v) is 8.66. The first-order valence-electron chi connectivity index (χ1n) is 8.66. The lowest BCUT2D eigenvalue weighted by molar-refractivity contribution is 0.419. The summed E-state index contributed by atoms with van der Waals surface area (Å²) >= 11 is 0. The van der Waals surface area contributed by atoms with Gasteiger partial charge < -0.3 is 4.74 Å². The number of methoxy groups -OCH3 is 1. The molecule has 0 atom stereocenters. The molecule has 0 bridgehead atoms. The number of aromatic nitrogens is 7. The van der Waals surface area contributed by atoms with E-state index in [9.17, 15) is 0 Å². The summed E-state index contributed by atoms with van der Waals surface area (Å²) in [6, 6.07) is 6.00. The predicted octanol–water partition coefficient (Wildman–Crippen LogP) is 2.85. The molecule has 0 saturated heterocycles. The molecule has 4 aromatic rings. The van der Waals surface area contributed by atoms with Gasteiger partial charge in [-0.15, -0.1) is 5.10 Å². The van der Waals surface area contributed by atoms with Gasteiger partial charge in [0.05, 0.1) is 29.7 Å². The first kappa shape index (κ1) is 17.1. The van der Waals surface area contributed by atoms with Crippen LogP contribution in [0.25, 0.3) is 27.8 Å². The normalized spacial score (nSPS) is 11.3. The minimum absolute atomic E-state index is 0.697. The molecule has 0 saturated carbocycles. The van der Waals surface area contributed by atoms with Crippen LogP contribution in [0.3, 0.4) is 0 Å². The van der Waals surface area contributed by atoms with Crippen LogP contribution in [0.5, 0.6) is 5.75 Å². The number of tetrazole rings is 1. The van der Waals surface area contributed by atoms with E-state index in [0.29, 0.717) is 5.82 Å². The highest BCUT2D eigenvalue weighted by Crippen LogP contribution is 2.34. The predicted molar refractivity (Wildman–Crippen MR) is 102 cm³/mol. The fourth-order valence-electron chi connectivity index (χ4n) is 3.54. The van der Waals surface area contributed by atoms with Gasteiger partial charge in [0.25, 0.3) is 0 Å². The second-order valence-corrected chi connectivity index (χ2v) is 6.67. The molecule has 0 aliphatic heterocycles. The van der Waals surface area contributed by atoms with Crippen LogP contribution in [-0.4, -0.2) is 42.1 Å². The van der Waals surface area contributed by atoms with Crippen molar-refractivity contribution < 1.29 is 4.74 Å². The van der Waals surface area contributed by atoms with E-state index in [2.05, 4.69) is 40.5 Å². The van der Waals surface area contributed by atoms with Crippen LogP contribution in [0.1, 0.15) is 22.8 Å². The molecule has 0 unspecified atom stereocenters. The summed E-state index contributed by atoms with van der Waals surface area (Å²) in [7, 11) is 3.61. The number of fused-ring (bicyclic) bond motifs is 1. The Labute approximate surface area is 156 Å². The maximum atomic E-state index is 5.65. The van der Waals surface area contributed by atoms with E-state index in [4.69, 9.17) is 9.72 Å². The molecule has 0 spiro atoms. The van der Waals surface area contributed by atoms with E-state index in [1.165, 1.54) is 0 Å². The number of rotatable bonds is 3. The van der Waals surface area contributed by atoms with E-state index in [0.717, 1.165) is 50.5 Å². The van der Waals surface area contributed by atoms with E-state index >= 15 is 0 Å². The van der Waals surface area contributed by atoms with Crippen LogP contribution >= 0.6 is 0 Å². The van der Waals surface area contributed by atoms with Gasteiger partial charge in [0.1, 0.15) is 5.75 Å². The van der Waals surface area contributed by atoms with Gasteiger partial charge in [-0.25, -0.2) is 4.98 Å². The van der Waals surface area contributed by atoms with Crippen molar-refractivity contribution in [3.8, 4) is 22.7 Å². The van der Waals surface area contributed by atoms with Crippen molar-refractivity contribution in [2.45, 2.75) is 27.7 Å². The molecule has 3 heterocycles. The number of aryl methyl sites for hydroxylation is 4. The Morgan fingerprint density at radius 2 is 1.81 bits per heavy atom. The smallest absolute Gasteiger partial charge is 0.153 e. The fraction of sp³-hybridized carbons (Fsp3) is 0.316. The van der Waals surface area contributed by atoms with E-state index in [1.54, 1.807) is 11.8 Å². The molecular weight excluding hydrogens is 342 g/mol. The van der Waals surface area contributed by atoms with Gasteiger partial charge >= 0.3 is 0 Å². The quantitative estimate of drug-likeness (QED) is 0.556. The van der Waals surface area contributed by atoms with Crippen molar-refractivity contribution in [2.75, 3.05) is 7.11 Å². The standard InChI is InChI=1S/C19H21N7O/c1-10-7-15(19-11(2)22-25(5)12(19)3)20-16-8-14(9-17(27-6)18(10)16)26-13(4)21-23-24-26/h7-9H,1-6H3. The van der Waals surface area contributed by atoms with Gasteiger partial charge in [-0.05, 0) is 55.8 Å². The number of hydrogen-bond acceptors (Lipinski definition) is 6. The third-order valence-corrected chi connectivity index (χ3v) is 4.91. The Kier molecular flexibility index (Phi) is 3.91. The molecule has 8 heteroatoms. The highest BCUT2D eigenvalue weighted by molar-refractivity contribution is 5.92. The number of benzene rings is 1. The maximum absolute atomic E-state index is 5.65. The molecular formula is C19H21N7O. The zero-order chi connectivity index (χ0) is 19.3. The van der Waals surface area contributed by atoms with Crippen molar-refractivity contribution in [2.24, 2.45) is 7.05 Å². The summed E-state index contributed by atoms with van der Waals surface area (Å²) in [4.78, 5) is 4.93. The lowest BCUT2D eigenvalue weighted by atomic mass is 10.0. The van der Waals surface area contributed by atoms with Gasteiger partial charge in [-0.1, -0.05) is 0 Å². The van der Waals surface area contributed by atoms with Crippen LogP contribution in [0.4, 0.5) is 0 Å². The van der Waals surface area contributed by atoms with Crippen LogP contribution in [0.15, 0.2) is 18.2 Å². The minimum atomic E-state index is 0.697. The van der Waals surface area contributed by atoms with Gasteiger partial charge in [0.2, 0.25) is 0 Å². The zero-order valence-electron chi connectivity index (χ0n) is 16.3. The molecule has 0 radical (unpaired) electrons. The molecule has 0 aliphatic carbocycles. The third kappa shape index (κ3) is 2.64. The van der Waals surface area contributed by atoms with Gasteiger partial charge in [0.15, 0.2) is 5.82 Å². The van der Waals surface area contributed by atoms with Gasteiger partial charge in [-0.3, -0.25) is 4.68 Å². The van der Waals surface area contributed by atoms with Crippen molar-refractivity contribution >= 4 is 10.9 Å². The van der Waals surface area contributed by atoms with Gasteiger partial charge in [0, 0.05) is 29.8 Å². The van der Waals surface area contributed by atoms with Crippen LogP contribution in [-0.2, 0) is 7.05 Å².